The summed E-state index contributed by atoms with van der Waals surface area (Å²) < 4.78 is 26.0. The minimum Gasteiger partial charge on any atom is -0.335 e. The van der Waals surface area contributed by atoms with Crippen LogP contribution in [0.2, 0.25) is 0 Å². The number of nitrogens with one attached hydrogen (secondary N) is 1. The van der Waals surface area contributed by atoms with Crippen LogP contribution in [0.3, 0.4) is 0 Å². The molecule has 0 aromatic carbocycles. The molecule has 0 unspecified atom stereocenters. The first-order chi connectivity index (χ1) is 6.62. The molecule has 0 aromatic rings. The normalized spacial score (nSPS) is 24.3. The molecule has 1 N–H and O–H groups in total. The molecule has 2 heterocycles. The number of carbonyl (C=O) groups excluding carboxylic acids is 1. The van der Waals surface area contributed by atoms with Gasteiger partial charge in [-0.3, -0.25) is 0 Å². The van der Waals surface area contributed by atoms with E-state index in [2.05, 4.69) is 5.32 Å². The Morgan fingerprint density at radius 2 is 1.79 bits per heavy atom. The molecule has 6 nitrogen and oxygen atoms in total. The molecule has 2 aliphatic rings. The van der Waals surface area contributed by atoms with Crippen LogP contribution in [0.5, 0.6) is 0 Å². The van der Waals surface area contributed by atoms with Crippen LogP contribution < -0.4 is 5.32 Å². The summed E-state index contributed by atoms with van der Waals surface area (Å²) in [7, 11) is -3.53. The molecule has 0 spiro atoms. The zero-order valence-electron chi connectivity index (χ0n) is 7.77. The van der Waals surface area contributed by atoms with E-state index < -0.39 is 16.2 Å². The van der Waals surface area contributed by atoms with Crippen LogP contribution in [0.25, 0.3) is 0 Å². The van der Waals surface area contributed by atoms with Gasteiger partial charge in [-0.05, 0) is 12.8 Å². The van der Waals surface area contributed by atoms with Gasteiger partial charge >= 0.3 is 16.2 Å². The lowest BCUT2D eigenvalue weighted by atomic mass is 10.4. The van der Waals surface area contributed by atoms with E-state index in [1.807, 2.05) is 0 Å². The second-order valence-electron chi connectivity index (χ2n) is 3.42. The van der Waals surface area contributed by atoms with Gasteiger partial charge < -0.3 is 5.32 Å². The van der Waals surface area contributed by atoms with Gasteiger partial charge in [0, 0.05) is 19.6 Å². The van der Waals surface area contributed by atoms with Gasteiger partial charge in [0.1, 0.15) is 0 Å². The Morgan fingerprint density at radius 1 is 1.14 bits per heavy atom. The summed E-state index contributed by atoms with van der Waals surface area (Å²) in [4.78, 5) is 11.2. The van der Waals surface area contributed by atoms with Gasteiger partial charge in [-0.1, -0.05) is 0 Å². The van der Waals surface area contributed by atoms with E-state index in [-0.39, 0.29) is 6.54 Å². The number of rotatable bonds is 2. The molecular weight excluding hydrogens is 206 g/mol. The van der Waals surface area contributed by atoms with E-state index in [4.69, 9.17) is 0 Å². The standard InChI is InChI=1S/C7H13N3O3S/c11-7-8-3-6-10(7)14(12,13)9-4-1-2-5-9/h1-6H2,(H,8,11). The molecule has 0 aliphatic carbocycles. The quantitative estimate of drug-likeness (QED) is 0.671. The Balaban J connectivity index is 2.18. The van der Waals surface area contributed by atoms with Crippen molar-refractivity contribution in [3.8, 4) is 0 Å². The molecule has 2 amide bonds. The minimum atomic E-state index is -3.53. The second-order valence-corrected chi connectivity index (χ2v) is 5.27. The maximum absolute atomic E-state index is 11.8. The third-order valence-corrected chi connectivity index (χ3v) is 4.41. The average molecular weight is 219 g/mol. The van der Waals surface area contributed by atoms with Gasteiger partial charge in [0.15, 0.2) is 0 Å². The first-order valence-electron chi connectivity index (χ1n) is 4.68. The SMILES string of the molecule is O=C1NCCN1S(=O)(=O)N1CCCC1. The summed E-state index contributed by atoms with van der Waals surface area (Å²) in [6.07, 6.45) is 1.77. The first-order valence-corrected chi connectivity index (χ1v) is 6.08. The smallest absolute Gasteiger partial charge is 0.332 e. The topological polar surface area (TPSA) is 69.7 Å². The Morgan fingerprint density at radius 3 is 2.29 bits per heavy atom. The molecule has 0 atom stereocenters. The zero-order chi connectivity index (χ0) is 10.2. The Bertz CT molecular complexity index is 334. The fraction of sp³-hybridized carbons (Fsp3) is 0.857. The highest BCUT2D eigenvalue weighted by atomic mass is 32.2. The molecule has 7 heteroatoms. The maximum Gasteiger partial charge on any atom is 0.332 e. The van der Waals surface area contributed by atoms with E-state index in [9.17, 15) is 13.2 Å². The van der Waals surface area contributed by atoms with E-state index in [0.29, 0.717) is 19.6 Å². The van der Waals surface area contributed by atoms with Gasteiger partial charge in [-0.25, -0.2) is 9.10 Å². The summed E-state index contributed by atoms with van der Waals surface area (Å²) in [6.45, 7) is 1.72. The monoisotopic (exact) mass is 219 g/mol. The summed E-state index contributed by atoms with van der Waals surface area (Å²) in [5.41, 5.74) is 0. The van der Waals surface area contributed by atoms with Gasteiger partial charge in [0.2, 0.25) is 0 Å². The molecule has 0 bridgehead atoms. The predicted octanol–water partition coefficient (Wildman–Crippen LogP) is -0.648. The van der Waals surface area contributed by atoms with Crippen molar-refractivity contribution in [3.63, 3.8) is 0 Å². The highest BCUT2D eigenvalue weighted by Crippen LogP contribution is 2.17. The van der Waals surface area contributed by atoms with Crippen molar-refractivity contribution in [1.82, 2.24) is 13.9 Å². The van der Waals surface area contributed by atoms with E-state index in [1.165, 1.54) is 4.31 Å². The molecule has 0 saturated carbocycles. The number of hydrogen-bond donors (Lipinski definition) is 1. The maximum atomic E-state index is 11.8. The third kappa shape index (κ3) is 1.46. The number of hydrogen-bond acceptors (Lipinski definition) is 3. The van der Waals surface area contributed by atoms with Crippen molar-refractivity contribution in [1.29, 1.82) is 0 Å². The van der Waals surface area contributed by atoms with E-state index >= 15 is 0 Å². The first kappa shape index (κ1) is 9.72. The zero-order valence-corrected chi connectivity index (χ0v) is 8.59. The van der Waals surface area contributed by atoms with Crippen LogP contribution in [0.15, 0.2) is 0 Å². The van der Waals surface area contributed by atoms with E-state index in [0.717, 1.165) is 17.1 Å². The number of nitrogens with zero attached hydrogens (tertiary/aromatic N) is 2. The highest BCUT2D eigenvalue weighted by Gasteiger charge is 2.37. The molecule has 14 heavy (non-hydrogen) atoms. The molecular formula is C7H13N3O3S. The fourth-order valence-corrected chi connectivity index (χ4v) is 3.33. The van der Waals surface area contributed by atoms with Crippen LogP contribution in [0, 0.1) is 0 Å². The van der Waals surface area contributed by atoms with Crippen molar-refractivity contribution in [2.75, 3.05) is 26.2 Å². The molecule has 2 fully saturated rings. The van der Waals surface area contributed by atoms with Gasteiger partial charge in [0.25, 0.3) is 0 Å². The highest BCUT2D eigenvalue weighted by molar-refractivity contribution is 7.87. The molecule has 0 aromatic heterocycles. The second kappa shape index (κ2) is 3.39. The van der Waals surface area contributed by atoms with Crippen LogP contribution in [0.1, 0.15) is 12.8 Å². The summed E-state index contributed by atoms with van der Waals surface area (Å²) >= 11 is 0. The molecule has 2 saturated heterocycles. The van der Waals surface area contributed by atoms with Crippen molar-refractivity contribution in [3.05, 3.63) is 0 Å². The van der Waals surface area contributed by atoms with Crippen LogP contribution in [-0.2, 0) is 10.2 Å². The summed E-state index contributed by atoms with van der Waals surface area (Å²) in [6, 6.07) is -0.503. The Kier molecular flexibility index (Phi) is 2.36. The average Bonchev–Trinajstić information content (AvgIpc) is 2.72. The lowest BCUT2D eigenvalue weighted by Crippen LogP contribution is -2.43. The van der Waals surface area contributed by atoms with Gasteiger partial charge in [-0.15, -0.1) is 0 Å². The molecule has 2 rings (SSSR count). The number of urea groups is 1. The van der Waals surface area contributed by atoms with Crippen molar-refractivity contribution in [2.45, 2.75) is 12.8 Å². The van der Waals surface area contributed by atoms with E-state index in [1.54, 1.807) is 0 Å². The fourth-order valence-electron chi connectivity index (χ4n) is 1.73. The third-order valence-electron chi connectivity index (χ3n) is 2.49. The number of carbonyl (C=O) groups is 1. The molecule has 2 aliphatic heterocycles. The van der Waals surface area contributed by atoms with Crippen molar-refractivity contribution >= 4 is 16.2 Å². The molecule has 0 radical (unpaired) electrons. The Labute approximate surface area is 83.0 Å². The number of amides is 2. The largest absolute Gasteiger partial charge is 0.335 e. The summed E-state index contributed by atoms with van der Waals surface area (Å²) in [5.74, 6) is 0. The lowest BCUT2D eigenvalue weighted by molar-refractivity contribution is 0.234. The van der Waals surface area contributed by atoms with Gasteiger partial charge in [-0.2, -0.15) is 12.7 Å². The van der Waals surface area contributed by atoms with Crippen LogP contribution in [0.4, 0.5) is 4.79 Å². The van der Waals surface area contributed by atoms with Crippen LogP contribution >= 0.6 is 0 Å². The van der Waals surface area contributed by atoms with Crippen LogP contribution in [-0.4, -0.2) is 49.2 Å². The predicted molar refractivity (Wildman–Crippen MR) is 49.8 cm³/mol. The van der Waals surface area contributed by atoms with Crippen molar-refractivity contribution in [2.24, 2.45) is 0 Å². The Hall–Kier alpha value is -0.820. The summed E-state index contributed by atoms with van der Waals surface area (Å²) in [5, 5.41) is 2.48. The minimum absolute atomic E-state index is 0.248. The lowest BCUT2D eigenvalue weighted by Gasteiger charge is -2.21. The molecule has 80 valence electrons. The van der Waals surface area contributed by atoms with Crippen molar-refractivity contribution < 1.29 is 13.2 Å². The van der Waals surface area contributed by atoms with Gasteiger partial charge in [0.05, 0.1) is 6.54 Å².